The van der Waals surface area contributed by atoms with Gasteiger partial charge < -0.3 is 48.5 Å². The van der Waals surface area contributed by atoms with Crippen LogP contribution < -0.4 is 10.6 Å². The van der Waals surface area contributed by atoms with Crippen LogP contribution in [0.25, 0.3) is 22.3 Å². The van der Waals surface area contributed by atoms with Gasteiger partial charge in [-0.15, -0.1) is 0 Å². The first-order chi connectivity index (χ1) is 36.6. The van der Waals surface area contributed by atoms with Crippen molar-refractivity contribution in [1.82, 2.24) is 39.0 Å². The highest BCUT2D eigenvalue weighted by Crippen LogP contribution is 2.55. The maximum Gasteiger partial charge on any atom is 0.338 e. The van der Waals surface area contributed by atoms with Crippen LogP contribution in [0.15, 0.2) is 147 Å². The van der Waals surface area contributed by atoms with Gasteiger partial charge in [-0.25, -0.2) is 39.5 Å². The van der Waals surface area contributed by atoms with E-state index in [-0.39, 0.29) is 45.1 Å². The highest BCUT2D eigenvalue weighted by Gasteiger charge is 2.53. The smallest absolute Gasteiger partial charge is 0.338 e. The van der Waals surface area contributed by atoms with Crippen LogP contribution in [0.5, 0.6) is 0 Å². The van der Waals surface area contributed by atoms with Gasteiger partial charge in [0.1, 0.15) is 37.1 Å². The Morgan fingerprint density at radius 3 is 1.48 bits per heavy atom. The molecule has 3 N–H and O–H groups in total. The van der Waals surface area contributed by atoms with Crippen molar-refractivity contribution in [2.24, 2.45) is 0 Å². The monoisotopic (exact) mass is 1060 g/mol. The molecule has 10 rings (SSSR count). The molecule has 2 aliphatic rings. The van der Waals surface area contributed by atoms with Gasteiger partial charge in [-0.1, -0.05) is 72.8 Å². The topological polar surface area (TPSA) is 274 Å². The molecular weight excluding hydrogens is 1010 g/mol. The molecule has 0 aliphatic carbocycles. The zero-order valence-corrected chi connectivity index (χ0v) is 41.4. The number of amides is 2. The van der Waals surface area contributed by atoms with Gasteiger partial charge in [0.2, 0.25) is 0 Å². The molecule has 0 bridgehead atoms. The predicted molar refractivity (Wildman–Crippen MR) is 269 cm³/mol. The lowest BCUT2D eigenvalue weighted by molar-refractivity contribution is -0.0607. The number of imidazole rings is 2. The Morgan fingerprint density at radius 1 is 0.587 bits per heavy atom. The third kappa shape index (κ3) is 10.6. The summed E-state index contributed by atoms with van der Waals surface area (Å²) in [5.74, 6) is -2.26. The average molecular weight is 1060 g/mol. The second-order valence-electron chi connectivity index (χ2n) is 16.7. The lowest BCUT2D eigenvalue weighted by atomic mass is 10.1. The molecule has 384 valence electrons. The van der Waals surface area contributed by atoms with E-state index in [0.29, 0.717) is 11.1 Å². The largest absolute Gasteiger partial charge is 0.452 e. The summed E-state index contributed by atoms with van der Waals surface area (Å²) in [6.45, 7) is -4.98. The number of carbonyl (C=O) groups is 4. The van der Waals surface area contributed by atoms with Gasteiger partial charge in [0.05, 0.1) is 37.0 Å². The minimum atomic E-state index is -3.97. The van der Waals surface area contributed by atoms with Crippen molar-refractivity contribution in [3.05, 3.63) is 169 Å². The molecule has 23 nitrogen and oxygen atoms in total. The molecule has 2 saturated heterocycles. The normalized spacial score (nSPS) is 22.1. The van der Waals surface area contributed by atoms with Crippen molar-refractivity contribution >= 4 is 76.2 Å². The number of carbonyl (C=O) groups excluding carboxylic acids is 4. The fraction of sp³-hybridized carbons (Fsp3) is 0.240. The van der Waals surface area contributed by atoms with Gasteiger partial charge in [-0.2, -0.15) is 0 Å². The van der Waals surface area contributed by atoms with Gasteiger partial charge in [-0.05, 0) is 60.3 Å². The second kappa shape index (κ2) is 22.4. The quantitative estimate of drug-likeness (QED) is 0.0687. The summed E-state index contributed by atoms with van der Waals surface area (Å²) in [5.41, 5.74) is 1.87. The molecule has 6 heterocycles. The molecule has 0 saturated carbocycles. The molecule has 8 aromatic rings. The Balaban J connectivity index is 0.970. The minimum absolute atomic E-state index is 0.0757. The third-order valence-corrected chi connectivity index (χ3v) is 14.6. The Morgan fingerprint density at radius 2 is 1.03 bits per heavy atom. The van der Waals surface area contributed by atoms with Crippen LogP contribution in [0.1, 0.15) is 53.9 Å². The van der Waals surface area contributed by atoms with E-state index in [1.54, 1.807) is 121 Å². The van der Waals surface area contributed by atoms with Crippen molar-refractivity contribution < 1.29 is 61.5 Å². The number of aliphatic hydroxyl groups excluding tert-OH is 1. The average Bonchev–Trinajstić information content (AvgIpc) is 4.25. The van der Waals surface area contributed by atoms with E-state index in [0.717, 1.165) is 0 Å². The SMILES string of the molecule is CO[C@H]1[C@@H](OP(=S)(OC)OC[C@H]2O[C@@H](n3cnc4c(NC(=O)c5ccccc5)ncnc43)[C@H](OC(=O)c3ccccc3)[C@@H]2OC(=O)c2ccccc2)[C@H](n2cnc3c(NC(=O)c4ccccc4)ncnc32)O[C@@H]1CO. The zero-order valence-electron chi connectivity index (χ0n) is 39.7. The van der Waals surface area contributed by atoms with E-state index in [2.05, 4.69) is 40.5 Å². The Labute approximate surface area is 431 Å². The number of benzene rings is 4. The number of aliphatic hydroxyl groups is 1. The van der Waals surface area contributed by atoms with Crippen LogP contribution in [0, 0.1) is 0 Å². The molecule has 2 aliphatic heterocycles. The number of fused-ring (bicyclic) bond motifs is 2. The number of hydrogen-bond acceptors (Lipinski definition) is 20. The molecule has 9 atom stereocenters. The second-order valence-corrected chi connectivity index (χ2v) is 19.8. The number of ether oxygens (including phenoxy) is 5. The zero-order chi connectivity index (χ0) is 52.1. The van der Waals surface area contributed by atoms with Crippen molar-refractivity contribution in [3.63, 3.8) is 0 Å². The summed E-state index contributed by atoms with van der Waals surface area (Å²) >= 11 is 6.02. The maximum absolute atomic E-state index is 14.0. The Hall–Kier alpha value is -7.77. The number of methoxy groups -OCH3 is 1. The van der Waals surface area contributed by atoms with Crippen molar-refractivity contribution in [3.8, 4) is 0 Å². The number of nitrogens with zero attached hydrogens (tertiary/aromatic N) is 8. The molecule has 2 fully saturated rings. The highest BCUT2D eigenvalue weighted by atomic mass is 32.5. The van der Waals surface area contributed by atoms with E-state index in [4.69, 9.17) is 49.1 Å². The van der Waals surface area contributed by atoms with E-state index in [9.17, 15) is 24.3 Å². The Kier molecular flexibility index (Phi) is 15.1. The Bertz CT molecular complexity index is 3380. The summed E-state index contributed by atoms with van der Waals surface area (Å²) in [4.78, 5) is 81.0. The molecule has 0 radical (unpaired) electrons. The first kappa shape index (κ1) is 50.7. The summed E-state index contributed by atoms with van der Waals surface area (Å²) in [6, 6.07) is 33.4. The maximum atomic E-state index is 14.0. The van der Waals surface area contributed by atoms with E-state index in [1.165, 1.54) is 48.7 Å². The number of hydrogen-bond donors (Lipinski definition) is 3. The third-order valence-electron chi connectivity index (χ3n) is 12.2. The lowest BCUT2D eigenvalue weighted by Crippen LogP contribution is -2.41. The number of rotatable bonds is 18. The van der Waals surface area contributed by atoms with Gasteiger partial charge >= 0.3 is 18.7 Å². The van der Waals surface area contributed by atoms with E-state index < -0.39 is 92.8 Å². The van der Waals surface area contributed by atoms with Crippen LogP contribution in [-0.4, -0.2) is 132 Å². The van der Waals surface area contributed by atoms with Crippen LogP contribution in [-0.2, 0) is 49.1 Å². The van der Waals surface area contributed by atoms with Crippen molar-refractivity contribution in [1.29, 1.82) is 0 Å². The van der Waals surface area contributed by atoms with Crippen molar-refractivity contribution in [2.45, 2.75) is 49.1 Å². The number of esters is 2. The molecule has 4 aromatic carbocycles. The summed E-state index contributed by atoms with van der Waals surface area (Å²) in [6.07, 6.45) is -4.50. The van der Waals surface area contributed by atoms with E-state index >= 15 is 0 Å². The molecule has 0 spiro atoms. The minimum Gasteiger partial charge on any atom is -0.452 e. The standard InChI is InChI=1S/C50H45N10O13PS/c1-66-37-33(23-61)69-48(60-28-56-36-42(52-26-54-44(36)60)58-46(63)30-17-9-4-10-18-30)40(37)73-74(75,67-2)68-24-34-38(71-49(64)31-19-11-5-12-20-31)39(72-50(65)32-21-13-6-14-22-32)47(70-34)59-27-55-35-41(51-25-53-43(35)59)57-45(62)29-15-7-3-8-16-29/h3-22,25-28,33-34,37-40,47-48,61H,23-24H2,1-2H3,(H,51,53,57,62)(H,52,54,58,63)/t33-,34-,37-,38-,39-,40-,47-,48-,74?/m1/s1. The van der Waals surface area contributed by atoms with Gasteiger partial charge in [0.25, 0.3) is 11.8 Å². The summed E-state index contributed by atoms with van der Waals surface area (Å²) < 4.78 is 53.2. The number of aromatic nitrogens is 8. The molecular formula is C50H45N10O13PS. The van der Waals surface area contributed by atoms with Crippen LogP contribution in [0.2, 0.25) is 0 Å². The van der Waals surface area contributed by atoms with E-state index in [1.807, 2.05) is 0 Å². The van der Waals surface area contributed by atoms with Crippen LogP contribution in [0.4, 0.5) is 11.6 Å². The predicted octanol–water partition coefficient (Wildman–Crippen LogP) is 5.70. The van der Waals surface area contributed by atoms with Gasteiger partial charge in [-0.3, -0.25) is 23.2 Å². The fourth-order valence-corrected chi connectivity index (χ4v) is 10.2. The highest BCUT2D eigenvalue weighted by molar-refractivity contribution is 8.07. The molecule has 4 aromatic heterocycles. The molecule has 2 amide bonds. The first-order valence-corrected chi connectivity index (χ1v) is 25.6. The van der Waals surface area contributed by atoms with Gasteiger partial charge in [0, 0.05) is 25.3 Å². The number of nitrogens with one attached hydrogen (secondary N) is 2. The van der Waals surface area contributed by atoms with Crippen molar-refractivity contribution in [2.75, 3.05) is 38.1 Å². The van der Waals surface area contributed by atoms with Crippen LogP contribution in [0.3, 0.4) is 0 Å². The van der Waals surface area contributed by atoms with Gasteiger partial charge in [0.15, 0.2) is 58.6 Å². The number of anilines is 2. The summed E-state index contributed by atoms with van der Waals surface area (Å²) in [5, 5.41) is 16.1. The summed E-state index contributed by atoms with van der Waals surface area (Å²) in [7, 11) is 2.68. The van der Waals surface area contributed by atoms with Crippen LogP contribution >= 0.6 is 6.72 Å². The molecule has 75 heavy (non-hydrogen) atoms. The molecule has 25 heteroatoms. The first-order valence-electron chi connectivity index (χ1n) is 23.1. The molecule has 1 unspecified atom stereocenters. The fourth-order valence-electron chi connectivity index (χ4n) is 8.58. The lowest BCUT2D eigenvalue weighted by Gasteiger charge is -2.30.